The summed E-state index contributed by atoms with van der Waals surface area (Å²) in [5, 5.41) is 6.97. The van der Waals surface area contributed by atoms with E-state index in [0.717, 1.165) is 12.8 Å². The molecule has 0 radical (unpaired) electrons. The molecule has 0 unspecified atom stereocenters. The van der Waals surface area contributed by atoms with Gasteiger partial charge >= 0.3 is 6.09 Å². The number of hydrogen-bond donors (Lipinski definition) is 1. The van der Waals surface area contributed by atoms with Crippen molar-refractivity contribution in [3.8, 4) is 0 Å². The zero-order chi connectivity index (χ0) is 12.9. The minimum atomic E-state index is -0.379. The van der Waals surface area contributed by atoms with Crippen molar-refractivity contribution >= 4 is 6.09 Å². The van der Waals surface area contributed by atoms with Crippen molar-refractivity contribution in [2.75, 3.05) is 13.7 Å². The number of rotatable bonds is 4. The summed E-state index contributed by atoms with van der Waals surface area (Å²) in [5.41, 5.74) is 1.20. The number of aromatic nitrogens is 2. The quantitative estimate of drug-likeness (QED) is 0.817. The Hall–Kier alpha value is -1.52. The molecule has 0 aliphatic heterocycles. The second kappa shape index (κ2) is 5.70. The van der Waals surface area contributed by atoms with E-state index in [-0.39, 0.29) is 11.6 Å². The molecular formula is C12H21N3O2. The van der Waals surface area contributed by atoms with Crippen LogP contribution in [0.5, 0.6) is 0 Å². The van der Waals surface area contributed by atoms with E-state index in [2.05, 4.69) is 42.1 Å². The number of hydrogen-bond acceptors (Lipinski definition) is 3. The van der Waals surface area contributed by atoms with Crippen LogP contribution >= 0.6 is 0 Å². The highest BCUT2D eigenvalue weighted by Crippen LogP contribution is 2.13. The predicted octanol–water partition coefficient (Wildman–Crippen LogP) is 1.93. The molecule has 0 spiro atoms. The fourth-order valence-corrected chi connectivity index (χ4v) is 1.41. The Labute approximate surface area is 102 Å². The Bertz CT molecular complexity index is 366. The fourth-order valence-electron chi connectivity index (χ4n) is 1.41. The van der Waals surface area contributed by atoms with Crippen LogP contribution in [-0.4, -0.2) is 29.5 Å². The molecule has 1 N–H and O–H groups in total. The molecule has 0 aliphatic rings. The highest BCUT2D eigenvalue weighted by molar-refractivity contribution is 5.66. The number of amides is 1. The Morgan fingerprint density at radius 2 is 2.24 bits per heavy atom. The van der Waals surface area contributed by atoms with Gasteiger partial charge in [0.05, 0.1) is 18.8 Å². The van der Waals surface area contributed by atoms with E-state index in [4.69, 9.17) is 0 Å². The van der Waals surface area contributed by atoms with Crippen LogP contribution in [0.25, 0.3) is 0 Å². The molecule has 17 heavy (non-hydrogen) atoms. The standard InChI is InChI=1S/C12H21N3O2/c1-12(2,3)15-9-10(8-14-15)6-5-7-13-11(16)17-4/h8-9H,5-7H2,1-4H3,(H,13,16). The fraction of sp³-hybridized carbons (Fsp3) is 0.667. The Morgan fingerprint density at radius 1 is 1.53 bits per heavy atom. The largest absolute Gasteiger partial charge is 0.453 e. The Balaban J connectivity index is 2.33. The lowest BCUT2D eigenvalue weighted by Gasteiger charge is -2.18. The number of ether oxygens (including phenoxy) is 1. The molecule has 0 saturated heterocycles. The van der Waals surface area contributed by atoms with Crippen LogP contribution in [-0.2, 0) is 16.7 Å². The van der Waals surface area contributed by atoms with Gasteiger partial charge in [-0.2, -0.15) is 5.10 Å². The first-order chi connectivity index (χ1) is 7.93. The van der Waals surface area contributed by atoms with E-state index < -0.39 is 0 Å². The third-order valence-electron chi connectivity index (χ3n) is 2.42. The minimum Gasteiger partial charge on any atom is -0.453 e. The summed E-state index contributed by atoms with van der Waals surface area (Å²) in [4.78, 5) is 10.8. The molecule has 0 aromatic carbocycles. The van der Waals surface area contributed by atoms with Gasteiger partial charge in [-0.1, -0.05) is 0 Å². The van der Waals surface area contributed by atoms with Crippen LogP contribution in [0.15, 0.2) is 12.4 Å². The van der Waals surface area contributed by atoms with Crippen LogP contribution < -0.4 is 5.32 Å². The highest BCUT2D eigenvalue weighted by Gasteiger charge is 2.13. The van der Waals surface area contributed by atoms with Crippen molar-refractivity contribution in [1.29, 1.82) is 0 Å². The molecule has 96 valence electrons. The van der Waals surface area contributed by atoms with Crippen molar-refractivity contribution < 1.29 is 9.53 Å². The Kier molecular flexibility index (Phi) is 4.54. The van der Waals surface area contributed by atoms with Crippen molar-refractivity contribution in [2.45, 2.75) is 39.2 Å². The van der Waals surface area contributed by atoms with Crippen LogP contribution in [0, 0.1) is 0 Å². The number of methoxy groups -OCH3 is 1. The number of nitrogens with zero attached hydrogens (tertiary/aromatic N) is 2. The lowest BCUT2D eigenvalue weighted by molar-refractivity contribution is 0.171. The van der Waals surface area contributed by atoms with Gasteiger partial charge in [0.2, 0.25) is 0 Å². The zero-order valence-corrected chi connectivity index (χ0v) is 11.0. The SMILES string of the molecule is COC(=O)NCCCc1cnn(C(C)(C)C)c1. The first-order valence-electron chi connectivity index (χ1n) is 5.79. The average molecular weight is 239 g/mol. The van der Waals surface area contributed by atoms with Gasteiger partial charge in [0.1, 0.15) is 0 Å². The highest BCUT2D eigenvalue weighted by atomic mass is 16.5. The first-order valence-corrected chi connectivity index (χ1v) is 5.79. The summed E-state index contributed by atoms with van der Waals surface area (Å²) in [6, 6.07) is 0. The normalized spacial score (nSPS) is 11.3. The van der Waals surface area contributed by atoms with Crippen molar-refractivity contribution in [3.05, 3.63) is 18.0 Å². The third-order valence-corrected chi connectivity index (χ3v) is 2.42. The van der Waals surface area contributed by atoms with E-state index in [1.165, 1.54) is 12.7 Å². The molecule has 1 aromatic rings. The maximum absolute atomic E-state index is 10.8. The molecule has 0 atom stereocenters. The van der Waals surface area contributed by atoms with Gasteiger partial charge in [0, 0.05) is 12.7 Å². The van der Waals surface area contributed by atoms with E-state index in [1.807, 2.05) is 10.9 Å². The molecule has 0 fully saturated rings. The lowest BCUT2D eigenvalue weighted by Crippen LogP contribution is -2.24. The van der Waals surface area contributed by atoms with Gasteiger partial charge in [0.15, 0.2) is 0 Å². The summed E-state index contributed by atoms with van der Waals surface area (Å²) in [6.45, 7) is 6.96. The average Bonchev–Trinajstić information content (AvgIpc) is 2.72. The summed E-state index contributed by atoms with van der Waals surface area (Å²) < 4.78 is 6.44. The number of carbonyl (C=O) groups is 1. The summed E-state index contributed by atoms with van der Waals surface area (Å²) in [7, 11) is 1.36. The van der Waals surface area contributed by atoms with Gasteiger partial charge in [-0.15, -0.1) is 0 Å². The third kappa shape index (κ3) is 4.46. The predicted molar refractivity (Wildman–Crippen MR) is 66.0 cm³/mol. The molecule has 1 aromatic heterocycles. The van der Waals surface area contributed by atoms with E-state index in [9.17, 15) is 4.79 Å². The minimum absolute atomic E-state index is 0.0164. The Morgan fingerprint density at radius 3 is 2.76 bits per heavy atom. The number of carbonyl (C=O) groups excluding carboxylic acids is 1. The maximum Gasteiger partial charge on any atom is 0.406 e. The van der Waals surface area contributed by atoms with Crippen LogP contribution in [0.2, 0.25) is 0 Å². The summed E-state index contributed by atoms with van der Waals surface area (Å²) >= 11 is 0. The van der Waals surface area contributed by atoms with E-state index in [0.29, 0.717) is 6.54 Å². The molecule has 0 bridgehead atoms. The van der Waals surface area contributed by atoms with Crippen molar-refractivity contribution in [1.82, 2.24) is 15.1 Å². The monoisotopic (exact) mass is 239 g/mol. The summed E-state index contributed by atoms with van der Waals surface area (Å²) in [6.07, 6.45) is 5.34. The second-order valence-corrected chi connectivity index (χ2v) is 4.99. The molecule has 0 aliphatic carbocycles. The molecule has 1 rings (SSSR count). The lowest BCUT2D eigenvalue weighted by atomic mass is 10.1. The molecule has 1 amide bonds. The zero-order valence-electron chi connectivity index (χ0n) is 11.0. The van der Waals surface area contributed by atoms with Crippen LogP contribution in [0.3, 0.4) is 0 Å². The number of aryl methyl sites for hydroxylation is 1. The number of nitrogens with one attached hydrogen (secondary N) is 1. The summed E-state index contributed by atoms with van der Waals surface area (Å²) in [5.74, 6) is 0. The van der Waals surface area contributed by atoms with Crippen LogP contribution in [0.4, 0.5) is 4.79 Å². The smallest absolute Gasteiger partial charge is 0.406 e. The molecule has 5 heteroatoms. The molecule has 0 saturated carbocycles. The van der Waals surface area contributed by atoms with Crippen LogP contribution in [0.1, 0.15) is 32.8 Å². The molecule has 5 nitrogen and oxygen atoms in total. The second-order valence-electron chi connectivity index (χ2n) is 4.99. The number of alkyl carbamates (subject to hydrolysis) is 1. The van der Waals surface area contributed by atoms with Gasteiger partial charge in [-0.3, -0.25) is 4.68 Å². The first kappa shape index (κ1) is 13.5. The van der Waals surface area contributed by atoms with Crippen molar-refractivity contribution in [3.63, 3.8) is 0 Å². The maximum atomic E-state index is 10.8. The van der Waals surface area contributed by atoms with E-state index >= 15 is 0 Å². The van der Waals surface area contributed by atoms with Crippen molar-refractivity contribution in [2.24, 2.45) is 0 Å². The molecule has 1 heterocycles. The van der Waals surface area contributed by atoms with Gasteiger partial charge in [-0.05, 0) is 39.2 Å². The van der Waals surface area contributed by atoms with Gasteiger partial charge in [-0.25, -0.2) is 4.79 Å². The van der Waals surface area contributed by atoms with E-state index in [1.54, 1.807) is 0 Å². The van der Waals surface area contributed by atoms with Gasteiger partial charge in [0.25, 0.3) is 0 Å². The topological polar surface area (TPSA) is 56.1 Å². The van der Waals surface area contributed by atoms with Gasteiger partial charge < -0.3 is 10.1 Å². The molecular weight excluding hydrogens is 218 g/mol.